The Balaban J connectivity index is 1.74. The van der Waals surface area contributed by atoms with Crippen LogP contribution in [0.1, 0.15) is 62.6 Å². The number of nitrogens with zero attached hydrogens (tertiary/aromatic N) is 4. The van der Waals surface area contributed by atoms with Crippen molar-refractivity contribution in [2.75, 3.05) is 5.75 Å². The fraction of sp³-hybridized carbons (Fsp3) is 0.480. The molecule has 0 aliphatic heterocycles. The van der Waals surface area contributed by atoms with E-state index in [0.29, 0.717) is 33.5 Å². The normalized spacial score (nSPS) is 12.2. The molecule has 0 radical (unpaired) electrons. The molecule has 1 atom stereocenters. The minimum Gasteiger partial charge on any atom is -0.297 e. The van der Waals surface area contributed by atoms with Gasteiger partial charge >= 0.3 is 0 Å². The van der Waals surface area contributed by atoms with Crippen LogP contribution < -0.4 is 5.56 Å². The number of aryl methyl sites for hydroxylation is 1. The van der Waals surface area contributed by atoms with Crippen molar-refractivity contribution < 1.29 is 4.79 Å². The number of thioether (sulfide) groups is 1. The topological polar surface area (TPSA) is 88.6 Å². The summed E-state index contributed by atoms with van der Waals surface area (Å²) in [5.41, 5.74) is 1.34. The summed E-state index contributed by atoms with van der Waals surface area (Å²) in [7, 11) is 0. The SMILES string of the molecule is Cc1csc([C@H](C#N)C(=O)CSc2nc3ccccc3c(=O)n2CCCCCCC(C)C)n1. The van der Waals surface area contributed by atoms with Gasteiger partial charge in [0.05, 0.1) is 22.7 Å². The second-order valence-electron chi connectivity index (χ2n) is 8.61. The Kier molecular flexibility index (Phi) is 9.21. The van der Waals surface area contributed by atoms with Gasteiger partial charge in [0.2, 0.25) is 0 Å². The van der Waals surface area contributed by atoms with Gasteiger partial charge in [0.25, 0.3) is 5.56 Å². The lowest BCUT2D eigenvalue weighted by molar-refractivity contribution is -0.116. The fourth-order valence-corrected chi connectivity index (χ4v) is 5.41. The van der Waals surface area contributed by atoms with Gasteiger partial charge in [0, 0.05) is 17.6 Å². The first-order valence-corrected chi connectivity index (χ1v) is 13.2. The van der Waals surface area contributed by atoms with Gasteiger partial charge in [-0.05, 0) is 31.4 Å². The Morgan fingerprint density at radius 1 is 1.18 bits per heavy atom. The van der Waals surface area contributed by atoms with E-state index in [1.54, 1.807) is 10.6 Å². The van der Waals surface area contributed by atoms with Crippen LogP contribution >= 0.6 is 23.1 Å². The molecule has 0 unspecified atom stereocenters. The van der Waals surface area contributed by atoms with Gasteiger partial charge in [-0.3, -0.25) is 14.2 Å². The molecule has 174 valence electrons. The van der Waals surface area contributed by atoms with E-state index in [-0.39, 0.29) is 17.1 Å². The lowest BCUT2D eigenvalue weighted by Crippen LogP contribution is -2.24. The van der Waals surface area contributed by atoms with Gasteiger partial charge in [-0.1, -0.05) is 63.4 Å². The largest absolute Gasteiger partial charge is 0.297 e. The monoisotopic (exact) mass is 482 g/mol. The highest BCUT2D eigenvalue weighted by Gasteiger charge is 2.24. The quantitative estimate of drug-likeness (QED) is 0.186. The fourth-order valence-electron chi connectivity index (χ4n) is 3.62. The molecule has 8 heteroatoms. The summed E-state index contributed by atoms with van der Waals surface area (Å²) in [6.07, 6.45) is 5.50. The average molecular weight is 483 g/mol. The van der Waals surface area contributed by atoms with Crippen LogP contribution in [-0.2, 0) is 11.3 Å². The number of unbranched alkanes of at least 4 members (excludes halogenated alkanes) is 3. The van der Waals surface area contributed by atoms with Crippen molar-refractivity contribution >= 4 is 39.8 Å². The number of para-hydroxylation sites is 1. The van der Waals surface area contributed by atoms with Crippen LogP contribution in [-0.4, -0.2) is 26.1 Å². The van der Waals surface area contributed by atoms with Crippen LogP contribution in [0.2, 0.25) is 0 Å². The predicted octanol–water partition coefficient (Wildman–Crippen LogP) is 5.74. The number of nitriles is 1. The number of Topliss-reactive ketones (excluding diaryl/α,β-unsaturated/α-hetero) is 1. The van der Waals surface area contributed by atoms with E-state index in [1.807, 2.05) is 30.5 Å². The number of thiazole rings is 1. The molecule has 0 saturated heterocycles. The molecule has 2 aromatic heterocycles. The molecule has 0 amide bonds. The molecule has 3 rings (SSSR count). The summed E-state index contributed by atoms with van der Waals surface area (Å²) in [4.78, 5) is 35.0. The van der Waals surface area contributed by atoms with Gasteiger partial charge in [-0.25, -0.2) is 9.97 Å². The van der Waals surface area contributed by atoms with Gasteiger partial charge < -0.3 is 0 Å². The number of rotatable bonds is 12. The minimum atomic E-state index is -0.891. The Morgan fingerprint density at radius 3 is 2.64 bits per heavy atom. The van der Waals surface area contributed by atoms with E-state index < -0.39 is 5.92 Å². The van der Waals surface area contributed by atoms with Crippen LogP contribution in [0.5, 0.6) is 0 Å². The lowest BCUT2D eigenvalue weighted by Gasteiger charge is -2.13. The maximum Gasteiger partial charge on any atom is 0.262 e. The van der Waals surface area contributed by atoms with E-state index >= 15 is 0 Å². The third-order valence-corrected chi connectivity index (χ3v) is 7.44. The van der Waals surface area contributed by atoms with Crippen LogP contribution in [0, 0.1) is 24.2 Å². The molecular weight excluding hydrogens is 452 g/mol. The van der Waals surface area contributed by atoms with Crippen molar-refractivity contribution in [1.82, 2.24) is 14.5 Å². The van der Waals surface area contributed by atoms with E-state index in [0.717, 1.165) is 25.0 Å². The Bertz CT molecular complexity index is 1190. The maximum atomic E-state index is 13.2. The number of carbonyl (C=O) groups is 1. The molecule has 0 spiro atoms. The first kappa shape index (κ1) is 25.1. The zero-order valence-corrected chi connectivity index (χ0v) is 21.0. The molecule has 0 N–H and O–H groups in total. The first-order chi connectivity index (χ1) is 15.9. The van der Waals surface area contributed by atoms with Gasteiger partial charge in [-0.15, -0.1) is 11.3 Å². The molecule has 3 aromatic rings. The Labute approximate surface area is 203 Å². The lowest BCUT2D eigenvalue weighted by atomic mass is 10.0. The number of benzene rings is 1. The van der Waals surface area contributed by atoms with Crippen molar-refractivity contribution in [2.24, 2.45) is 5.92 Å². The third kappa shape index (κ3) is 6.75. The van der Waals surface area contributed by atoms with Gasteiger partial charge in [-0.2, -0.15) is 5.26 Å². The molecule has 0 aliphatic rings. The standard InChI is InChI=1S/C25H30N4O2S2/c1-17(2)10-6-4-5-9-13-29-24(31)19-11-7-8-12-21(19)28-25(29)33-16-22(30)20(14-26)23-27-18(3)15-32-23/h7-8,11-12,15,17,20H,4-6,9-10,13,16H2,1-3H3/t20-/m1/s1. The minimum absolute atomic E-state index is 0.0655. The van der Waals surface area contributed by atoms with Crippen LogP contribution in [0.4, 0.5) is 0 Å². The molecule has 2 heterocycles. The summed E-state index contributed by atoms with van der Waals surface area (Å²) >= 11 is 2.55. The number of ketones is 1. The number of fused-ring (bicyclic) bond motifs is 1. The van der Waals surface area contributed by atoms with Crippen molar-refractivity contribution in [3.63, 3.8) is 0 Å². The molecule has 1 aromatic carbocycles. The number of hydrogen-bond acceptors (Lipinski definition) is 7. The predicted molar refractivity (Wildman–Crippen MR) is 135 cm³/mol. The van der Waals surface area contributed by atoms with Crippen molar-refractivity contribution in [1.29, 1.82) is 5.26 Å². The van der Waals surface area contributed by atoms with E-state index in [2.05, 4.69) is 29.9 Å². The molecule has 0 bridgehead atoms. The summed E-state index contributed by atoms with van der Waals surface area (Å²) in [5, 5.41) is 13.0. The molecule has 0 saturated carbocycles. The third-order valence-electron chi connectivity index (χ3n) is 5.42. The molecule has 33 heavy (non-hydrogen) atoms. The molecule has 0 aliphatic carbocycles. The highest BCUT2D eigenvalue weighted by Crippen LogP contribution is 2.25. The summed E-state index contributed by atoms with van der Waals surface area (Å²) in [5.74, 6) is -0.337. The Morgan fingerprint density at radius 2 is 1.94 bits per heavy atom. The number of carbonyl (C=O) groups excluding carboxylic acids is 1. The summed E-state index contributed by atoms with van der Waals surface area (Å²) < 4.78 is 1.69. The highest BCUT2D eigenvalue weighted by atomic mass is 32.2. The molecular formula is C25H30N4O2S2. The van der Waals surface area contributed by atoms with Gasteiger partial charge in [0.1, 0.15) is 5.01 Å². The Hall–Kier alpha value is -2.50. The molecule has 0 fully saturated rings. The number of aromatic nitrogens is 3. The van der Waals surface area contributed by atoms with Crippen molar-refractivity contribution in [3.05, 3.63) is 50.7 Å². The van der Waals surface area contributed by atoms with Crippen molar-refractivity contribution in [3.8, 4) is 6.07 Å². The van der Waals surface area contributed by atoms with E-state index in [1.165, 1.54) is 35.9 Å². The van der Waals surface area contributed by atoms with Crippen LogP contribution in [0.25, 0.3) is 10.9 Å². The van der Waals surface area contributed by atoms with E-state index in [4.69, 9.17) is 0 Å². The smallest absolute Gasteiger partial charge is 0.262 e. The second kappa shape index (κ2) is 12.1. The zero-order valence-electron chi connectivity index (χ0n) is 19.4. The summed E-state index contributed by atoms with van der Waals surface area (Å²) in [6, 6.07) is 9.38. The van der Waals surface area contributed by atoms with E-state index in [9.17, 15) is 14.9 Å². The zero-order chi connectivity index (χ0) is 23.8. The van der Waals surface area contributed by atoms with Crippen LogP contribution in [0.15, 0.2) is 39.6 Å². The molecule has 6 nitrogen and oxygen atoms in total. The van der Waals surface area contributed by atoms with Crippen molar-refractivity contribution in [2.45, 2.75) is 70.5 Å². The highest BCUT2D eigenvalue weighted by molar-refractivity contribution is 7.99. The number of hydrogen-bond donors (Lipinski definition) is 0. The average Bonchev–Trinajstić information content (AvgIpc) is 3.22. The van der Waals surface area contributed by atoms with Crippen LogP contribution in [0.3, 0.4) is 0 Å². The second-order valence-corrected chi connectivity index (χ2v) is 10.4. The first-order valence-electron chi connectivity index (χ1n) is 11.4. The summed E-state index contributed by atoms with van der Waals surface area (Å²) in [6.45, 7) is 6.88. The maximum absolute atomic E-state index is 13.2. The van der Waals surface area contributed by atoms with Gasteiger partial charge in [0.15, 0.2) is 16.9 Å².